The Morgan fingerprint density at radius 1 is 1.13 bits per heavy atom. The first-order valence-electron chi connectivity index (χ1n) is 10.3. The number of aromatic nitrogens is 1. The maximum atomic E-state index is 13.1. The molecule has 3 aromatic rings. The molecule has 1 amide bonds. The summed E-state index contributed by atoms with van der Waals surface area (Å²) in [7, 11) is 0. The molecule has 6 heteroatoms. The molecule has 2 N–H and O–H groups in total. The Balaban J connectivity index is 1.64. The highest BCUT2D eigenvalue weighted by Gasteiger charge is 2.30. The van der Waals surface area contributed by atoms with Crippen LogP contribution in [-0.4, -0.2) is 21.2 Å². The van der Waals surface area contributed by atoms with E-state index in [4.69, 9.17) is 11.6 Å². The molecule has 1 saturated carbocycles. The van der Waals surface area contributed by atoms with Crippen molar-refractivity contribution in [3.8, 4) is 0 Å². The number of halogens is 1. The molecule has 30 heavy (non-hydrogen) atoms. The number of amides is 1. The number of hydrogen-bond donors (Lipinski definition) is 2. The Morgan fingerprint density at radius 3 is 2.63 bits per heavy atom. The first kappa shape index (κ1) is 20.6. The van der Waals surface area contributed by atoms with Crippen molar-refractivity contribution < 1.29 is 9.90 Å². The van der Waals surface area contributed by atoms with Crippen LogP contribution in [0.25, 0.3) is 10.8 Å². The van der Waals surface area contributed by atoms with Crippen molar-refractivity contribution >= 4 is 34.0 Å². The smallest absolute Gasteiger partial charge is 0.258 e. The number of benzene rings is 2. The summed E-state index contributed by atoms with van der Waals surface area (Å²) in [5.41, 5.74) is 0.927. The fourth-order valence-corrected chi connectivity index (χ4v) is 4.35. The van der Waals surface area contributed by atoms with Crippen molar-refractivity contribution in [2.45, 2.75) is 51.2 Å². The minimum atomic E-state index is -0.827. The van der Waals surface area contributed by atoms with Crippen LogP contribution in [0.4, 0.5) is 5.69 Å². The average Bonchev–Trinajstić information content (AvgIpc) is 2.73. The summed E-state index contributed by atoms with van der Waals surface area (Å²) in [6, 6.07) is 12.2. The van der Waals surface area contributed by atoms with Gasteiger partial charge in [-0.15, -0.1) is 0 Å². The van der Waals surface area contributed by atoms with Crippen LogP contribution in [0.5, 0.6) is 0 Å². The van der Waals surface area contributed by atoms with E-state index in [9.17, 15) is 14.7 Å². The van der Waals surface area contributed by atoms with Gasteiger partial charge in [0.05, 0.1) is 12.1 Å². The number of rotatable bonds is 4. The SMILES string of the molecule is Cc1ccc(C(=O)Nc2cccc3c(=O)n(CC4(O)CCCCC4)ccc23)cc1Cl. The van der Waals surface area contributed by atoms with E-state index >= 15 is 0 Å². The van der Waals surface area contributed by atoms with Gasteiger partial charge < -0.3 is 15.0 Å². The van der Waals surface area contributed by atoms with Crippen LogP contribution in [-0.2, 0) is 6.54 Å². The molecule has 0 atom stereocenters. The average molecular weight is 425 g/mol. The fourth-order valence-electron chi connectivity index (χ4n) is 4.17. The second-order valence-corrected chi connectivity index (χ2v) is 8.63. The predicted octanol–water partition coefficient (Wildman–Crippen LogP) is 4.91. The summed E-state index contributed by atoms with van der Waals surface area (Å²) in [5.74, 6) is -0.287. The van der Waals surface area contributed by atoms with E-state index < -0.39 is 5.60 Å². The van der Waals surface area contributed by atoms with E-state index in [1.54, 1.807) is 47.2 Å². The van der Waals surface area contributed by atoms with Crippen molar-refractivity contribution in [2.24, 2.45) is 0 Å². The molecule has 5 nitrogen and oxygen atoms in total. The van der Waals surface area contributed by atoms with E-state index in [0.29, 0.717) is 46.4 Å². The fraction of sp³-hybridized carbons (Fsp3) is 0.333. The molecule has 0 bridgehead atoms. The monoisotopic (exact) mass is 424 g/mol. The van der Waals surface area contributed by atoms with Gasteiger partial charge in [-0.05, 0) is 55.7 Å². The lowest BCUT2D eigenvalue weighted by atomic mass is 9.85. The van der Waals surface area contributed by atoms with Crippen molar-refractivity contribution in [1.29, 1.82) is 0 Å². The molecule has 0 aliphatic heterocycles. The van der Waals surface area contributed by atoms with Crippen LogP contribution in [0.3, 0.4) is 0 Å². The Kier molecular flexibility index (Phi) is 5.67. The number of nitrogens with zero attached hydrogens (tertiary/aromatic N) is 1. The zero-order valence-electron chi connectivity index (χ0n) is 17.0. The van der Waals surface area contributed by atoms with Crippen molar-refractivity contribution in [2.75, 3.05) is 5.32 Å². The summed E-state index contributed by atoms with van der Waals surface area (Å²) < 4.78 is 1.58. The lowest BCUT2D eigenvalue weighted by Gasteiger charge is -2.32. The molecule has 156 valence electrons. The van der Waals surface area contributed by atoms with Crippen LogP contribution in [0.2, 0.25) is 5.02 Å². The normalized spacial score (nSPS) is 15.8. The van der Waals surface area contributed by atoms with Gasteiger partial charge >= 0.3 is 0 Å². The van der Waals surface area contributed by atoms with E-state index in [-0.39, 0.29) is 11.5 Å². The number of hydrogen-bond acceptors (Lipinski definition) is 3. The molecule has 4 rings (SSSR count). The first-order chi connectivity index (χ1) is 14.4. The van der Waals surface area contributed by atoms with Gasteiger partial charge in [-0.3, -0.25) is 9.59 Å². The summed E-state index contributed by atoms with van der Waals surface area (Å²) in [4.78, 5) is 25.7. The van der Waals surface area contributed by atoms with Gasteiger partial charge in [-0.1, -0.05) is 43.0 Å². The zero-order chi connectivity index (χ0) is 21.3. The number of carbonyl (C=O) groups is 1. The molecule has 0 radical (unpaired) electrons. The highest BCUT2D eigenvalue weighted by Crippen LogP contribution is 2.30. The third-order valence-electron chi connectivity index (χ3n) is 5.95. The third-order valence-corrected chi connectivity index (χ3v) is 6.36. The van der Waals surface area contributed by atoms with Crippen LogP contribution >= 0.6 is 11.6 Å². The van der Waals surface area contributed by atoms with Crippen LogP contribution in [0.15, 0.2) is 53.5 Å². The van der Waals surface area contributed by atoms with Gasteiger partial charge in [0.15, 0.2) is 0 Å². The summed E-state index contributed by atoms with van der Waals surface area (Å²) in [6.07, 6.45) is 6.23. The Morgan fingerprint density at radius 2 is 1.90 bits per heavy atom. The zero-order valence-corrected chi connectivity index (χ0v) is 17.7. The number of fused-ring (bicyclic) bond motifs is 1. The minimum Gasteiger partial charge on any atom is -0.388 e. The molecule has 0 unspecified atom stereocenters. The Bertz CT molecular complexity index is 1160. The highest BCUT2D eigenvalue weighted by molar-refractivity contribution is 6.31. The van der Waals surface area contributed by atoms with Gasteiger partial charge in [0.25, 0.3) is 11.5 Å². The molecule has 0 spiro atoms. The molecule has 1 heterocycles. The van der Waals surface area contributed by atoms with Crippen LogP contribution in [0.1, 0.15) is 48.0 Å². The molecule has 2 aromatic carbocycles. The van der Waals surface area contributed by atoms with E-state index in [2.05, 4.69) is 5.32 Å². The number of nitrogens with one attached hydrogen (secondary N) is 1. The molecule has 1 aliphatic rings. The second kappa shape index (κ2) is 8.25. The number of anilines is 1. The van der Waals surface area contributed by atoms with Gasteiger partial charge in [0, 0.05) is 33.2 Å². The van der Waals surface area contributed by atoms with Crippen LogP contribution < -0.4 is 10.9 Å². The number of pyridine rings is 1. The lowest BCUT2D eigenvalue weighted by molar-refractivity contribution is -0.0121. The maximum Gasteiger partial charge on any atom is 0.258 e. The molecular weight excluding hydrogens is 400 g/mol. The Hall–Kier alpha value is -2.63. The second-order valence-electron chi connectivity index (χ2n) is 8.22. The predicted molar refractivity (Wildman–Crippen MR) is 120 cm³/mol. The van der Waals surface area contributed by atoms with Crippen LogP contribution in [0, 0.1) is 6.92 Å². The number of aryl methyl sites for hydroxylation is 1. The third kappa shape index (κ3) is 4.13. The molecular formula is C24H25ClN2O3. The van der Waals surface area contributed by atoms with E-state index in [1.165, 1.54) is 0 Å². The lowest BCUT2D eigenvalue weighted by Crippen LogP contribution is -2.39. The topological polar surface area (TPSA) is 71.3 Å². The summed E-state index contributed by atoms with van der Waals surface area (Å²) in [5, 5.41) is 15.4. The molecule has 1 aromatic heterocycles. The molecule has 0 saturated heterocycles. The van der Waals surface area contributed by atoms with Crippen molar-refractivity contribution in [3.05, 3.63) is 75.2 Å². The maximum absolute atomic E-state index is 13.1. The van der Waals surface area contributed by atoms with Gasteiger partial charge in [-0.25, -0.2) is 0 Å². The van der Waals surface area contributed by atoms with Crippen molar-refractivity contribution in [3.63, 3.8) is 0 Å². The standard InChI is InChI=1S/C24H25ClN2O3/c1-16-8-9-17(14-20(16)25)22(28)26-21-7-5-6-19-18(21)10-13-27(23(19)29)15-24(30)11-3-2-4-12-24/h5-10,13-14,30H,2-4,11-12,15H2,1H3,(H,26,28). The van der Waals surface area contributed by atoms with Gasteiger partial charge in [0.1, 0.15) is 0 Å². The number of carbonyl (C=O) groups excluding carboxylic acids is 1. The quantitative estimate of drug-likeness (QED) is 0.625. The first-order valence-corrected chi connectivity index (χ1v) is 10.7. The largest absolute Gasteiger partial charge is 0.388 e. The van der Waals surface area contributed by atoms with Gasteiger partial charge in [-0.2, -0.15) is 0 Å². The van der Waals surface area contributed by atoms with E-state index in [0.717, 1.165) is 24.8 Å². The molecule has 1 aliphatic carbocycles. The summed E-state index contributed by atoms with van der Waals surface area (Å²) in [6.45, 7) is 2.17. The number of aliphatic hydroxyl groups is 1. The van der Waals surface area contributed by atoms with Crippen molar-refractivity contribution in [1.82, 2.24) is 4.57 Å². The molecule has 1 fully saturated rings. The highest BCUT2D eigenvalue weighted by atomic mass is 35.5. The minimum absolute atomic E-state index is 0.166. The Labute approximate surface area is 180 Å². The van der Waals surface area contributed by atoms with E-state index in [1.807, 2.05) is 13.0 Å². The van der Waals surface area contributed by atoms with Gasteiger partial charge in [0.2, 0.25) is 0 Å². The summed E-state index contributed by atoms with van der Waals surface area (Å²) >= 11 is 6.14.